The van der Waals surface area contributed by atoms with E-state index < -0.39 is 37.3 Å². The van der Waals surface area contributed by atoms with Gasteiger partial charge in [0.2, 0.25) is 0 Å². The summed E-state index contributed by atoms with van der Waals surface area (Å²) in [4.78, 5) is 0. The molecule has 1 saturated heterocycles. The van der Waals surface area contributed by atoms with Crippen LogP contribution in [0.1, 0.15) is 0 Å². The number of methoxy groups -OCH3 is 1. The molecule has 25 heavy (non-hydrogen) atoms. The fraction of sp³-hybridized carbons (Fsp3) is 1.00. The monoisotopic (exact) mass is 410 g/mol. The lowest BCUT2D eigenvalue weighted by molar-refractivity contribution is -0.284. The largest absolute Gasteiger partial charge is 0.409 e. The van der Waals surface area contributed by atoms with Crippen LogP contribution in [0.25, 0.3) is 0 Å². The molecule has 0 aromatic rings. The minimum atomic E-state index is -1.89. The van der Waals surface area contributed by atoms with Gasteiger partial charge < -0.3 is 27.9 Å². The molecule has 1 rings (SSSR count). The van der Waals surface area contributed by atoms with Crippen LogP contribution in [0.5, 0.6) is 0 Å². The predicted octanol–water partition coefficient (Wildman–Crippen LogP) is 3.01. The van der Waals surface area contributed by atoms with E-state index in [1.165, 1.54) is 0 Å². The van der Waals surface area contributed by atoms with E-state index in [1.54, 1.807) is 7.11 Å². The maximum absolute atomic E-state index is 9.89. The highest BCUT2D eigenvalue weighted by atomic mass is 28.4. The van der Waals surface area contributed by atoms with E-state index in [9.17, 15) is 5.11 Å². The minimum absolute atomic E-state index is 0.139. The summed E-state index contributed by atoms with van der Waals surface area (Å²) in [6.07, 6.45) is -2.11. The van der Waals surface area contributed by atoms with Gasteiger partial charge in [-0.05, 0) is 58.9 Å². The van der Waals surface area contributed by atoms with Gasteiger partial charge in [-0.15, -0.1) is 0 Å². The van der Waals surface area contributed by atoms with Crippen molar-refractivity contribution in [2.24, 2.45) is 0 Å². The molecule has 1 fully saturated rings. The molecular weight excluding hydrogens is 372 g/mol. The second-order valence-corrected chi connectivity index (χ2v) is 22.9. The molecule has 6 nitrogen and oxygen atoms in total. The quantitative estimate of drug-likeness (QED) is 0.621. The Morgan fingerprint density at radius 2 is 1.12 bits per heavy atom. The second-order valence-electron chi connectivity index (χ2n) is 9.55. The Bertz CT molecular complexity index is 386. The molecule has 1 aliphatic rings. The van der Waals surface area contributed by atoms with Gasteiger partial charge in [0.15, 0.2) is 31.2 Å². The Balaban J connectivity index is 3.27. The van der Waals surface area contributed by atoms with Crippen LogP contribution in [0.4, 0.5) is 0 Å². The second kappa shape index (κ2) is 8.61. The van der Waals surface area contributed by atoms with Crippen molar-refractivity contribution in [1.82, 2.24) is 0 Å². The lowest BCUT2D eigenvalue weighted by Gasteiger charge is -2.50. The fourth-order valence-corrected chi connectivity index (χ4v) is 6.09. The smallest absolute Gasteiger partial charge is 0.185 e. The number of hydrogen-bond acceptors (Lipinski definition) is 6. The van der Waals surface area contributed by atoms with Crippen molar-refractivity contribution in [2.45, 2.75) is 89.6 Å². The van der Waals surface area contributed by atoms with Crippen LogP contribution in [-0.4, -0.2) is 74.5 Å². The van der Waals surface area contributed by atoms with Crippen LogP contribution in [0.2, 0.25) is 58.9 Å². The number of hydrogen-bond donors (Lipinski definition) is 1. The highest BCUT2D eigenvalue weighted by Crippen LogP contribution is 2.33. The van der Waals surface area contributed by atoms with E-state index in [0.717, 1.165) is 0 Å². The molecule has 1 N–H and O–H groups in total. The maximum Gasteiger partial charge on any atom is 0.185 e. The molecule has 9 heteroatoms. The van der Waals surface area contributed by atoms with Gasteiger partial charge in [0.05, 0.1) is 6.61 Å². The fourth-order valence-electron chi connectivity index (χ4n) is 2.84. The molecule has 0 aliphatic carbocycles. The van der Waals surface area contributed by atoms with Gasteiger partial charge in [-0.3, -0.25) is 0 Å². The van der Waals surface area contributed by atoms with Gasteiger partial charge in [-0.2, -0.15) is 0 Å². The molecule has 0 bridgehead atoms. The molecule has 0 radical (unpaired) electrons. The van der Waals surface area contributed by atoms with Crippen molar-refractivity contribution in [3.8, 4) is 0 Å². The first-order valence-electron chi connectivity index (χ1n) is 8.99. The summed E-state index contributed by atoms with van der Waals surface area (Å²) in [5.41, 5.74) is 0. The molecule has 150 valence electrons. The van der Waals surface area contributed by atoms with E-state index in [-0.39, 0.29) is 24.9 Å². The zero-order valence-corrected chi connectivity index (χ0v) is 20.6. The zero-order valence-electron chi connectivity index (χ0n) is 17.6. The lowest BCUT2D eigenvalue weighted by Crippen LogP contribution is -2.66. The average molecular weight is 411 g/mol. The summed E-state index contributed by atoms with van der Waals surface area (Å²) in [5.74, 6) is 0. The minimum Gasteiger partial charge on any atom is -0.409 e. The molecule has 0 aromatic heterocycles. The molecule has 0 amide bonds. The van der Waals surface area contributed by atoms with Crippen molar-refractivity contribution >= 4 is 25.0 Å². The molecule has 1 unspecified atom stereocenters. The first-order chi connectivity index (χ1) is 11.2. The van der Waals surface area contributed by atoms with E-state index in [0.29, 0.717) is 0 Å². The number of rotatable bonds is 8. The highest BCUT2D eigenvalue weighted by Gasteiger charge is 2.51. The predicted molar refractivity (Wildman–Crippen MR) is 107 cm³/mol. The third kappa shape index (κ3) is 7.89. The molecule has 1 aliphatic heterocycles. The number of ether oxygens (including phenoxy) is 2. The van der Waals surface area contributed by atoms with Crippen molar-refractivity contribution in [1.29, 1.82) is 0 Å². The summed E-state index contributed by atoms with van der Waals surface area (Å²) in [7, 11) is -4.04. The van der Waals surface area contributed by atoms with Crippen molar-refractivity contribution in [3.63, 3.8) is 0 Å². The van der Waals surface area contributed by atoms with Gasteiger partial charge in [0.25, 0.3) is 0 Å². The third-order valence-corrected chi connectivity index (χ3v) is 6.41. The average Bonchev–Trinajstić information content (AvgIpc) is 2.38. The topological polar surface area (TPSA) is 66.4 Å². The summed E-state index contributed by atoms with van der Waals surface area (Å²) < 4.78 is 30.9. The number of aliphatic hydroxyl groups excluding tert-OH is 1. The van der Waals surface area contributed by atoms with Crippen LogP contribution < -0.4 is 0 Å². The Kier molecular flexibility index (Phi) is 8.08. The molecule has 5 atom stereocenters. The van der Waals surface area contributed by atoms with Gasteiger partial charge in [0, 0.05) is 7.11 Å². The maximum atomic E-state index is 9.89. The van der Waals surface area contributed by atoms with Gasteiger partial charge in [-0.25, -0.2) is 0 Å². The Morgan fingerprint density at radius 3 is 1.48 bits per heavy atom. The van der Waals surface area contributed by atoms with Crippen molar-refractivity contribution in [3.05, 3.63) is 0 Å². The van der Waals surface area contributed by atoms with E-state index in [1.807, 2.05) is 0 Å². The van der Waals surface area contributed by atoms with Gasteiger partial charge in [0.1, 0.15) is 24.4 Å². The van der Waals surface area contributed by atoms with E-state index >= 15 is 0 Å². The molecule has 1 heterocycles. The van der Waals surface area contributed by atoms with Gasteiger partial charge in [-0.1, -0.05) is 0 Å². The van der Waals surface area contributed by atoms with Gasteiger partial charge >= 0.3 is 0 Å². The Hall–Kier alpha value is 0.411. The summed E-state index contributed by atoms with van der Waals surface area (Å²) >= 11 is 0. The van der Waals surface area contributed by atoms with E-state index in [4.69, 9.17) is 22.8 Å². The third-order valence-electron chi connectivity index (χ3n) is 3.47. The van der Waals surface area contributed by atoms with Crippen LogP contribution in [0.3, 0.4) is 0 Å². The first kappa shape index (κ1) is 23.5. The summed E-state index contributed by atoms with van der Waals surface area (Å²) in [5, 5.41) is 9.89. The number of aliphatic hydroxyl groups is 1. The SMILES string of the molecule is COC1O[C@H](CO)[C@@H](O[Si](C)(C)C)[C@H](O[Si](C)(C)C)[C@H]1O[Si](C)(C)C. The highest BCUT2D eigenvalue weighted by molar-refractivity contribution is 6.70. The Labute approximate surface area is 156 Å². The molecule has 0 saturated carbocycles. The van der Waals surface area contributed by atoms with Crippen LogP contribution >= 0.6 is 0 Å². The zero-order chi connectivity index (χ0) is 19.6. The molecular formula is C16H38O6Si3. The van der Waals surface area contributed by atoms with Crippen LogP contribution in [-0.2, 0) is 22.8 Å². The normalized spacial score (nSPS) is 32.0. The summed E-state index contributed by atoms with van der Waals surface area (Å²) in [6.45, 7) is 19.1. The first-order valence-corrected chi connectivity index (χ1v) is 19.2. The molecule has 0 aromatic carbocycles. The standard InChI is InChI=1S/C16H38O6Si3/c1-18-16-15(22-25(8,9)10)14(21-24(5,6)7)13(12(11-17)19-16)20-23(2,3)4/h12-17H,11H2,1-10H3/t12-,13-,14+,15-,16?/m1/s1. The summed E-state index contributed by atoms with van der Waals surface area (Å²) in [6, 6.07) is 0. The van der Waals surface area contributed by atoms with Crippen LogP contribution in [0.15, 0.2) is 0 Å². The van der Waals surface area contributed by atoms with Crippen LogP contribution in [0, 0.1) is 0 Å². The lowest BCUT2D eigenvalue weighted by atomic mass is 9.99. The molecule has 0 spiro atoms. The van der Waals surface area contributed by atoms with E-state index in [2.05, 4.69) is 58.9 Å². The Morgan fingerprint density at radius 1 is 0.720 bits per heavy atom. The van der Waals surface area contributed by atoms with Crippen molar-refractivity contribution in [2.75, 3.05) is 13.7 Å². The van der Waals surface area contributed by atoms with Crippen molar-refractivity contribution < 1.29 is 27.9 Å².